The van der Waals surface area contributed by atoms with E-state index < -0.39 is 30.1 Å². The molecule has 0 radical (unpaired) electrons. The van der Waals surface area contributed by atoms with E-state index in [2.05, 4.69) is 24.3 Å². The lowest BCUT2D eigenvalue weighted by atomic mass is 9.70. The van der Waals surface area contributed by atoms with E-state index in [0.29, 0.717) is 23.7 Å². The third kappa shape index (κ3) is 8.61. The molecule has 3 aliphatic rings. The van der Waals surface area contributed by atoms with E-state index in [4.69, 9.17) is 9.47 Å². The van der Waals surface area contributed by atoms with Gasteiger partial charge in [0.15, 0.2) is 18.1 Å². The van der Waals surface area contributed by atoms with Crippen LogP contribution >= 0.6 is 0 Å². The Balaban J connectivity index is 1.19. The first-order valence-electron chi connectivity index (χ1n) is 15.2. The number of allylic oxidation sites excluding steroid dienone is 1. The molecule has 3 fully saturated rings. The largest absolute Gasteiger partial charge is 0.490 e. The first kappa shape index (κ1) is 30.2. The summed E-state index contributed by atoms with van der Waals surface area (Å²) in [5.41, 5.74) is 0. The maximum atomic E-state index is 14.6. The van der Waals surface area contributed by atoms with Crippen molar-refractivity contribution >= 4 is 0 Å². The van der Waals surface area contributed by atoms with Gasteiger partial charge in [0.25, 0.3) is 0 Å². The van der Waals surface area contributed by atoms with Gasteiger partial charge in [-0.25, -0.2) is 0 Å². The zero-order valence-corrected chi connectivity index (χ0v) is 23.5. The molecule has 3 nitrogen and oxygen atoms in total. The van der Waals surface area contributed by atoms with Crippen molar-refractivity contribution in [2.75, 3.05) is 13.2 Å². The number of rotatable bonds is 12. The number of benzene rings is 1. The van der Waals surface area contributed by atoms with Gasteiger partial charge in [-0.1, -0.05) is 38.7 Å². The first-order chi connectivity index (χ1) is 18.8. The summed E-state index contributed by atoms with van der Waals surface area (Å²) in [5, 5.41) is 0. The van der Waals surface area contributed by atoms with Crippen LogP contribution in [-0.4, -0.2) is 25.4 Å². The Kier molecular flexibility index (Phi) is 11.0. The minimum Gasteiger partial charge on any atom is -0.490 e. The third-order valence-electron chi connectivity index (χ3n) is 9.43. The molecule has 0 N–H and O–H groups in total. The molecule has 0 heterocycles. The van der Waals surface area contributed by atoms with Crippen molar-refractivity contribution in [3.8, 4) is 11.5 Å². The van der Waals surface area contributed by atoms with Gasteiger partial charge in [0, 0.05) is 0 Å². The van der Waals surface area contributed by atoms with Crippen LogP contribution in [0.5, 0.6) is 11.5 Å². The molecule has 0 atom stereocenters. The summed E-state index contributed by atoms with van der Waals surface area (Å²) in [6, 6.07) is 2.17. The molecule has 220 valence electrons. The molecule has 0 aromatic heterocycles. The highest BCUT2D eigenvalue weighted by Gasteiger charge is 2.37. The fraction of sp³-hybridized carbons (Fsp3) is 0.750. The molecule has 3 aliphatic carbocycles. The van der Waals surface area contributed by atoms with Crippen LogP contribution in [0, 0.1) is 41.2 Å². The summed E-state index contributed by atoms with van der Waals surface area (Å²) in [5.74, 6) is -0.888. The van der Waals surface area contributed by atoms with Crippen LogP contribution in [-0.2, 0) is 4.74 Å². The van der Waals surface area contributed by atoms with E-state index in [1.54, 1.807) is 0 Å². The molecule has 4 rings (SSSR count). The van der Waals surface area contributed by atoms with E-state index in [-0.39, 0.29) is 18.5 Å². The molecular weight excluding hydrogens is 508 g/mol. The topological polar surface area (TPSA) is 27.7 Å². The smallest absolute Gasteiger partial charge is 0.422 e. The summed E-state index contributed by atoms with van der Waals surface area (Å²) in [7, 11) is 0. The van der Waals surface area contributed by atoms with Crippen LogP contribution in [0.3, 0.4) is 0 Å². The quantitative estimate of drug-likeness (QED) is 0.190. The zero-order chi connectivity index (χ0) is 27.8. The standard InChI is InChI=1S/C32H46F4O3/c1-3-5-23-6-8-24(9-7-23)20-37-28-18-19-29(31(34)30(28)33)39-32(35,36)21-38-27-16-14-26(15-17-27)25-12-10-22(4-2)11-13-25/h4,18-19,22-27H,2-3,5-17,20-21H2,1H3. The molecule has 0 spiro atoms. The maximum absolute atomic E-state index is 14.6. The van der Waals surface area contributed by atoms with E-state index in [0.717, 1.165) is 69.4 Å². The van der Waals surface area contributed by atoms with Crippen molar-refractivity contribution < 1.29 is 31.8 Å². The summed E-state index contributed by atoms with van der Waals surface area (Å²) in [4.78, 5) is 0. The lowest BCUT2D eigenvalue weighted by Gasteiger charge is -2.37. The average molecular weight is 555 g/mol. The monoisotopic (exact) mass is 554 g/mol. The van der Waals surface area contributed by atoms with Crippen LogP contribution < -0.4 is 9.47 Å². The van der Waals surface area contributed by atoms with E-state index in [9.17, 15) is 17.6 Å². The number of halogens is 4. The third-order valence-corrected chi connectivity index (χ3v) is 9.43. The highest BCUT2D eigenvalue weighted by molar-refractivity contribution is 5.35. The molecule has 0 bridgehead atoms. The van der Waals surface area contributed by atoms with Gasteiger partial charge in [-0.2, -0.15) is 17.6 Å². The Morgan fingerprint density at radius 1 is 0.821 bits per heavy atom. The Hall–Kier alpha value is -1.76. The Morgan fingerprint density at radius 2 is 1.38 bits per heavy atom. The Labute approximate surface area is 231 Å². The highest BCUT2D eigenvalue weighted by atomic mass is 19.3. The van der Waals surface area contributed by atoms with Crippen molar-refractivity contribution in [2.24, 2.45) is 29.6 Å². The van der Waals surface area contributed by atoms with Gasteiger partial charge < -0.3 is 14.2 Å². The van der Waals surface area contributed by atoms with Gasteiger partial charge in [0.1, 0.15) is 0 Å². The maximum Gasteiger partial charge on any atom is 0.422 e. The molecule has 0 aliphatic heterocycles. The van der Waals surface area contributed by atoms with Gasteiger partial charge in [-0.3, -0.25) is 0 Å². The Morgan fingerprint density at radius 3 is 2.00 bits per heavy atom. The molecule has 39 heavy (non-hydrogen) atoms. The highest BCUT2D eigenvalue weighted by Crippen LogP contribution is 2.41. The van der Waals surface area contributed by atoms with E-state index >= 15 is 0 Å². The van der Waals surface area contributed by atoms with Crippen LogP contribution in [0.25, 0.3) is 0 Å². The van der Waals surface area contributed by atoms with Crippen LogP contribution in [0.4, 0.5) is 17.6 Å². The lowest BCUT2D eigenvalue weighted by molar-refractivity contribution is -0.223. The molecule has 0 saturated heterocycles. The predicted molar refractivity (Wildman–Crippen MR) is 145 cm³/mol. The van der Waals surface area contributed by atoms with Crippen LogP contribution in [0.2, 0.25) is 0 Å². The summed E-state index contributed by atoms with van der Waals surface area (Å²) < 4.78 is 73.8. The van der Waals surface area contributed by atoms with Crippen molar-refractivity contribution in [3.63, 3.8) is 0 Å². The second kappa shape index (κ2) is 14.2. The van der Waals surface area contributed by atoms with Crippen molar-refractivity contribution in [2.45, 2.75) is 109 Å². The summed E-state index contributed by atoms with van der Waals surface area (Å²) in [6.07, 6.45) is 12.9. The average Bonchev–Trinajstić information content (AvgIpc) is 2.95. The van der Waals surface area contributed by atoms with Crippen LogP contribution in [0.15, 0.2) is 24.8 Å². The molecule has 1 aromatic rings. The van der Waals surface area contributed by atoms with Gasteiger partial charge in [0.05, 0.1) is 12.7 Å². The van der Waals surface area contributed by atoms with Gasteiger partial charge in [0.2, 0.25) is 11.6 Å². The fourth-order valence-corrected chi connectivity index (χ4v) is 6.99. The second-order valence-corrected chi connectivity index (χ2v) is 12.2. The van der Waals surface area contributed by atoms with Gasteiger partial charge in [-0.15, -0.1) is 6.58 Å². The Bertz CT molecular complexity index is 899. The van der Waals surface area contributed by atoms with Gasteiger partial charge >= 0.3 is 6.11 Å². The fourth-order valence-electron chi connectivity index (χ4n) is 6.99. The predicted octanol–water partition coefficient (Wildman–Crippen LogP) is 9.49. The van der Waals surface area contributed by atoms with E-state index in [1.165, 1.54) is 38.5 Å². The number of hydrogen-bond acceptors (Lipinski definition) is 3. The number of hydrogen-bond donors (Lipinski definition) is 0. The molecule has 0 amide bonds. The molecule has 3 saturated carbocycles. The summed E-state index contributed by atoms with van der Waals surface area (Å²) >= 11 is 0. The summed E-state index contributed by atoms with van der Waals surface area (Å²) in [6.45, 7) is 5.39. The molecule has 0 unspecified atom stereocenters. The molecular formula is C32H46F4O3. The zero-order valence-electron chi connectivity index (χ0n) is 23.5. The van der Waals surface area contributed by atoms with Crippen LogP contribution in [0.1, 0.15) is 96.8 Å². The lowest BCUT2D eigenvalue weighted by Crippen LogP contribution is -2.35. The normalized spacial score (nSPS) is 30.1. The number of ether oxygens (including phenoxy) is 3. The first-order valence-corrected chi connectivity index (χ1v) is 15.2. The van der Waals surface area contributed by atoms with Crippen molar-refractivity contribution in [1.82, 2.24) is 0 Å². The second-order valence-electron chi connectivity index (χ2n) is 12.2. The van der Waals surface area contributed by atoms with Crippen molar-refractivity contribution in [1.29, 1.82) is 0 Å². The van der Waals surface area contributed by atoms with E-state index in [1.807, 2.05) is 0 Å². The minimum absolute atomic E-state index is 0.269. The van der Waals surface area contributed by atoms with Crippen molar-refractivity contribution in [3.05, 3.63) is 36.4 Å². The SMILES string of the molecule is C=CC1CCC(C2CCC(OCC(F)(F)Oc3ccc(OCC4CCC(CCC)CC4)c(F)c3F)CC2)CC1. The molecule has 7 heteroatoms. The minimum atomic E-state index is -3.77. The van der Waals surface area contributed by atoms with Gasteiger partial charge in [-0.05, 0) is 106 Å². The number of alkyl halides is 2. The molecule has 1 aromatic carbocycles.